The quantitative estimate of drug-likeness (QED) is 0.138. The summed E-state index contributed by atoms with van der Waals surface area (Å²) in [4.78, 5) is 14.5. The number of hydrogen-bond donors (Lipinski definition) is 3. The molecule has 0 aliphatic carbocycles. The number of guanidine groups is 1. The van der Waals surface area contributed by atoms with Crippen molar-refractivity contribution >= 4 is 41.3 Å². The first-order valence-corrected chi connectivity index (χ1v) is 7.87. The van der Waals surface area contributed by atoms with E-state index in [2.05, 4.69) is 20.9 Å². The maximum absolute atomic E-state index is 13.6. The van der Waals surface area contributed by atoms with E-state index in [4.69, 9.17) is 0 Å². The van der Waals surface area contributed by atoms with Gasteiger partial charge in [-0.05, 0) is 24.3 Å². The number of rotatable bonds is 7. The van der Waals surface area contributed by atoms with E-state index in [0.29, 0.717) is 24.7 Å². The van der Waals surface area contributed by atoms with Crippen molar-refractivity contribution in [1.29, 1.82) is 0 Å². The number of nitro groups is 1. The minimum Gasteiger partial charge on any atom is -0.378 e. The third-order valence-corrected chi connectivity index (χ3v) is 3.51. The fraction of sp³-hybridized carbons (Fsp3) is 0.235. The van der Waals surface area contributed by atoms with Crippen LogP contribution in [0, 0.1) is 21.7 Å². The van der Waals surface area contributed by atoms with Gasteiger partial charge in [0.2, 0.25) is 0 Å². The first kappa shape index (κ1) is 22.5. The number of benzene rings is 2. The van der Waals surface area contributed by atoms with E-state index in [0.717, 1.165) is 18.2 Å². The predicted molar refractivity (Wildman–Crippen MR) is 112 cm³/mol. The maximum atomic E-state index is 13.6. The molecule has 146 valence electrons. The van der Waals surface area contributed by atoms with Crippen molar-refractivity contribution in [2.45, 2.75) is 6.54 Å². The van der Waals surface area contributed by atoms with Crippen LogP contribution in [0.3, 0.4) is 0 Å². The number of anilines is 1. The Morgan fingerprint density at radius 2 is 1.89 bits per heavy atom. The second-order valence-electron chi connectivity index (χ2n) is 5.29. The van der Waals surface area contributed by atoms with E-state index >= 15 is 0 Å². The summed E-state index contributed by atoms with van der Waals surface area (Å²) in [5.41, 5.74) is 0.603. The highest BCUT2D eigenvalue weighted by atomic mass is 127. The van der Waals surface area contributed by atoms with Crippen molar-refractivity contribution in [2.75, 3.05) is 25.5 Å². The Kier molecular flexibility index (Phi) is 9.40. The molecule has 0 aliphatic rings. The smallest absolute Gasteiger partial charge is 0.292 e. The maximum Gasteiger partial charge on any atom is 0.292 e. The molecular formula is C17H20F2IN5O2. The van der Waals surface area contributed by atoms with Crippen LogP contribution in [0.2, 0.25) is 0 Å². The molecule has 0 fully saturated rings. The third-order valence-electron chi connectivity index (χ3n) is 3.51. The second-order valence-corrected chi connectivity index (χ2v) is 5.29. The first-order valence-electron chi connectivity index (χ1n) is 7.87. The van der Waals surface area contributed by atoms with Crippen LogP contribution in [0.5, 0.6) is 0 Å². The molecule has 0 unspecified atom stereocenters. The van der Waals surface area contributed by atoms with Crippen LogP contribution in [-0.4, -0.2) is 31.0 Å². The van der Waals surface area contributed by atoms with Crippen molar-refractivity contribution in [3.8, 4) is 0 Å². The van der Waals surface area contributed by atoms with Crippen LogP contribution in [0.1, 0.15) is 5.56 Å². The SMILES string of the molecule is CN=C(NCCNc1ccccc1[N+](=O)[O-])NCc1cc(F)ccc1F.I. The van der Waals surface area contributed by atoms with Gasteiger partial charge in [0.1, 0.15) is 17.3 Å². The molecule has 10 heteroatoms. The normalized spacial score (nSPS) is 10.7. The molecule has 7 nitrogen and oxygen atoms in total. The Morgan fingerprint density at radius 1 is 1.15 bits per heavy atom. The minimum absolute atomic E-state index is 0. The summed E-state index contributed by atoms with van der Waals surface area (Å²) in [6, 6.07) is 9.59. The molecule has 2 aromatic rings. The molecular weight excluding hydrogens is 471 g/mol. The summed E-state index contributed by atoms with van der Waals surface area (Å²) >= 11 is 0. The zero-order valence-electron chi connectivity index (χ0n) is 14.5. The van der Waals surface area contributed by atoms with Crippen molar-refractivity contribution < 1.29 is 13.7 Å². The van der Waals surface area contributed by atoms with E-state index in [-0.39, 0.29) is 41.8 Å². The van der Waals surface area contributed by atoms with Crippen molar-refractivity contribution in [2.24, 2.45) is 4.99 Å². The van der Waals surface area contributed by atoms with Crippen molar-refractivity contribution in [1.82, 2.24) is 10.6 Å². The van der Waals surface area contributed by atoms with Gasteiger partial charge in [-0.2, -0.15) is 0 Å². The highest BCUT2D eigenvalue weighted by Gasteiger charge is 2.11. The van der Waals surface area contributed by atoms with Gasteiger partial charge < -0.3 is 16.0 Å². The molecule has 0 radical (unpaired) electrons. The molecule has 3 N–H and O–H groups in total. The summed E-state index contributed by atoms with van der Waals surface area (Å²) < 4.78 is 26.7. The van der Waals surface area contributed by atoms with Crippen LogP contribution in [-0.2, 0) is 6.54 Å². The Hall–Kier alpha value is -2.50. The zero-order chi connectivity index (χ0) is 18.9. The highest BCUT2D eigenvalue weighted by molar-refractivity contribution is 14.0. The molecule has 0 saturated heterocycles. The van der Waals surface area contributed by atoms with Gasteiger partial charge in [0.05, 0.1) is 4.92 Å². The molecule has 2 aromatic carbocycles. The lowest BCUT2D eigenvalue weighted by molar-refractivity contribution is -0.384. The van der Waals surface area contributed by atoms with E-state index in [1.165, 1.54) is 6.07 Å². The predicted octanol–water partition coefficient (Wildman–Crippen LogP) is 3.27. The Morgan fingerprint density at radius 3 is 2.59 bits per heavy atom. The van der Waals surface area contributed by atoms with E-state index in [1.807, 2.05) is 0 Å². The summed E-state index contributed by atoms with van der Waals surface area (Å²) in [7, 11) is 1.55. The molecule has 0 atom stereocenters. The second kappa shape index (κ2) is 11.3. The van der Waals surface area contributed by atoms with Crippen LogP contribution >= 0.6 is 24.0 Å². The lowest BCUT2D eigenvalue weighted by Crippen LogP contribution is -2.39. The number of para-hydroxylation sites is 2. The summed E-state index contributed by atoms with van der Waals surface area (Å²) in [6.45, 7) is 0.887. The number of nitro benzene ring substituents is 1. The number of halogens is 3. The van der Waals surface area contributed by atoms with Crippen molar-refractivity contribution in [3.63, 3.8) is 0 Å². The molecule has 0 heterocycles. The topological polar surface area (TPSA) is 91.6 Å². The molecule has 0 spiro atoms. The molecule has 0 amide bonds. The number of hydrogen-bond acceptors (Lipinski definition) is 4. The van der Waals surface area contributed by atoms with Gasteiger partial charge in [0, 0.05) is 38.3 Å². The van der Waals surface area contributed by atoms with Gasteiger partial charge in [-0.1, -0.05) is 12.1 Å². The standard InChI is InChI=1S/C17H19F2N5O2.HI/c1-20-17(23-11-12-10-13(18)6-7-14(12)19)22-9-8-21-15-4-2-3-5-16(15)24(25)26;/h2-7,10,21H,8-9,11H2,1H3,(H2,20,22,23);1H. The van der Waals surface area contributed by atoms with Gasteiger partial charge in [-0.25, -0.2) is 8.78 Å². The van der Waals surface area contributed by atoms with Gasteiger partial charge in [-0.3, -0.25) is 15.1 Å². The lowest BCUT2D eigenvalue weighted by atomic mass is 10.2. The molecule has 2 rings (SSSR count). The summed E-state index contributed by atoms with van der Waals surface area (Å²) in [5, 5.41) is 19.8. The summed E-state index contributed by atoms with van der Waals surface area (Å²) in [6.07, 6.45) is 0. The average molecular weight is 491 g/mol. The van der Waals surface area contributed by atoms with Crippen LogP contribution in [0.4, 0.5) is 20.2 Å². The summed E-state index contributed by atoms with van der Waals surface area (Å²) in [5.74, 6) is -0.620. The molecule has 27 heavy (non-hydrogen) atoms. The Balaban J connectivity index is 0.00000364. The third kappa shape index (κ3) is 6.96. The Labute approximate surface area is 172 Å². The van der Waals surface area contributed by atoms with Crippen LogP contribution in [0.25, 0.3) is 0 Å². The average Bonchev–Trinajstić information content (AvgIpc) is 2.64. The monoisotopic (exact) mass is 491 g/mol. The molecule has 0 aliphatic heterocycles. The number of aliphatic imine (C=N–C) groups is 1. The van der Waals surface area contributed by atoms with E-state index < -0.39 is 16.6 Å². The lowest BCUT2D eigenvalue weighted by Gasteiger charge is -2.13. The van der Waals surface area contributed by atoms with E-state index in [9.17, 15) is 18.9 Å². The van der Waals surface area contributed by atoms with Crippen LogP contribution < -0.4 is 16.0 Å². The van der Waals surface area contributed by atoms with E-state index in [1.54, 1.807) is 25.2 Å². The fourth-order valence-electron chi connectivity index (χ4n) is 2.24. The first-order chi connectivity index (χ1) is 12.5. The fourth-order valence-corrected chi connectivity index (χ4v) is 2.24. The molecule has 0 bridgehead atoms. The molecule has 0 saturated carbocycles. The van der Waals surface area contributed by atoms with Gasteiger partial charge in [0.25, 0.3) is 5.69 Å². The highest BCUT2D eigenvalue weighted by Crippen LogP contribution is 2.22. The number of nitrogens with one attached hydrogen (secondary N) is 3. The Bertz CT molecular complexity index is 805. The largest absolute Gasteiger partial charge is 0.378 e. The minimum atomic E-state index is -0.514. The zero-order valence-corrected chi connectivity index (χ0v) is 16.9. The van der Waals surface area contributed by atoms with Gasteiger partial charge in [0.15, 0.2) is 5.96 Å². The van der Waals surface area contributed by atoms with Gasteiger partial charge >= 0.3 is 0 Å². The van der Waals surface area contributed by atoms with Crippen molar-refractivity contribution in [3.05, 3.63) is 69.8 Å². The van der Waals surface area contributed by atoms with Gasteiger partial charge in [-0.15, -0.1) is 24.0 Å². The van der Waals surface area contributed by atoms with Crippen LogP contribution in [0.15, 0.2) is 47.5 Å². The molecule has 0 aromatic heterocycles. The number of nitrogens with zero attached hydrogens (tertiary/aromatic N) is 2.